The summed E-state index contributed by atoms with van der Waals surface area (Å²) in [6.07, 6.45) is 0.446. The van der Waals surface area contributed by atoms with Crippen LogP contribution in [0.5, 0.6) is 11.8 Å². The van der Waals surface area contributed by atoms with Crippen molar-refractivity contribution < 1.29 is 18.7 Å². The van der Waals surface area contributed by atoms with Gasteiger partial charge in [0.25, 0.3) is 6.01 Å². The van der Waals surface area contributed by atoms with Gasteiger partial charge in [-0.1, -0.05) is 12.1 Å². The molecular formula is C16H13FN2O3. The zero-order valence-corrected chi connectivity index (χ0v) is 11.8. The molecule has 0 fully saturated rings. The molecule has 1 heterocycles. The minimum Gasteiger partial charge on any atom is -0.496 e. The zero-order chi connectivity index (χ0) is 15.5. The summed E-state index contributed by atoms with van der Waals surface area (Å²) in [6.45, 7) is 0.0685. The molecule has 0 unspecified atom stereocenters. The van der Waals surface area contributed by atoms with Crippen molar-refractivity contribution >= 4 is 17.3 Å². The number of para-hydroxylation sites is 2. The number of nitrogens with one attached hydrogen (secondary N) is 1. The zero-order valence-electron chi connectivity index (χ0n) is 11.8. The van der Waals surface area contributed by atoms with E-state index in [1.54, 1.807) is 0 Å². The van der Waals surface area contributed by atoms with Crippen molar-refractivity contribution in [1.29, 1.82) is 0 Å². The number of aromatic amines is 1. The molecule has 3 rings (SSSR count). The van der Waals surface area contributed by atoms with Crippen molar-refractivity contribution in [1.82, 2.24) is 9.97 Å². The minimum atomic E-state index is -0.612. The van der Waals surface area contributed by atoms with E-state index in [1.165, 1.54) is 19.2 Å². The van der Waals surface area contributed by atoms with E-state index in [0.29, 0.717) is 23.6 Å². The van der Waals surface area contributed by atoms with Crippen LogP contribution < -0.4 is 9.47 Å². The molecule has 0 radical (unpaired) electrons. The summed E-state index contributed by atoms with van der Waals surface area (Å²) in [4.78, 5) is 18.0. The first-order valence-corrected chi connectivity index (χ1v) is 6.60. The number of aromatic nitrogens is 2. The molecule has 1 N–H and O–H groups in total. The molecule has 0 aliphatic rings. The highest BCUT2D eigenvalue weighted by atomic mass is 19.1. The maximum atomic E-state index is 13.7. The lowest BCUT2D eigenvalue weighted by molar-refractivity contribution is 0.111. The summed E-state index contributed by atoms with van der Waals surface area (Å²) in [7, 11) is 1.45. The summed E-state index contributed by atoms with van der Waals surface area (Å²) >= 11 is 0. The van der Waals surface area contributed by atoms with E-state index in [-0.39, 0.29) is 12.2 Å². The molecule has 112 valence electrons. The molecule has 0 aliphatic carbocycles. The molecular weight excluding hydrogens is 287 g/mol. The lowest BCUT2D eigenvalue weighted by Crippen LogP contribution is -2.02. The highest BCUT2D eigenvalue weighted by Gasteiger charge is 2.12. The second kappa shape index (κ2) is 5.85. The number of carbonyl (C=O) groups is 1. The van der Waals surface area contributed by atoms with Gasteiger partial charge in [-0.2, -0.15) is 4.98 Å². The molecule has 2 aromatic carbocycles. The van der Waals surface area contributed by atoms with Crippen LogP contribution in [-0.2, 0) is 6.61 Å². The Kier molecular flexibility index (Phi) is 3.74. The third-order valence-corrected chi connectivity index (χ3v) is 3.26. The third-order valence-electron chi connectivity index (χ3n) is 3.26. The van der Waals surface area contributed by atoms with Gasteiger partial charge < -0.3 is 14.5 Å². The molecule has 1 aromatic heterocycles. The van der Waals surface area contributed by atoms with Crippen molar-refractivity contribution in [3.8, 4) is 11.8 Å². The quantitative estimate of drug-likeness (QED) is 0.735. The van der Waals surface area contributed by atoms with Gasteiger partial charge in [0.15, 0.2) is 6.29 Å². The topological polar surface area (TPSA) is 64.2 Å². The van der Waals surface area contributed by atoms with Crippen LogP contribution in [0.4, 0.5) is 4.39 Å². The SMILES string of the molecule is COc1cc(C=O)c(F)cc1COc1nc2ccccc2[nH]1. The number of halogens is 1. The van der Waals surface area contributed by atoms with Gasteiger partial charge in [-0.15, -0.1) is 0 Å². The van der Waals surface area contributed by atoms with Gasteiger partial charge in [-0.25, -0.2) is 4.39 Å². The number of nitrogens with zero attached hydrogens (tertiary/aromatic N) is 1. The summed E-state index contributed by atoms with van der Waals surface area (Å²) in [5.74, 6) is -0.224. The number of benzene rings is 2. The van der Waals surface area contributed by atoms with Crippen LogP contribution in [0.1, 0.15) is 15.9 Å². The lowest BCUT2D eigenvalue weighted by atomic mass is 10.1. The molecule has 0 aliphatic heterocycles. The number of H-pyrrole nitrogens is 1. The van der Waals surface area contributed by atoms with E-state index in [1.807, 2.05) is 24.3 Å². The Morgan fingerprint density at radius 2 is 2.14 bits per heavy atom. The fraction of sp³-hybridized carbons (Fsp3) is 0.125. The molecule has 0 amide bonds. The normalized spacial score (nSPS) is 10.6. The predicted octanol–water partition coefficient (Wildman–Crippen LogP) is 3.10. The second-order valence-corrected chi connectivity index (χ2v) is 4.65. The summed E-state index contributed by atoms with van der Waals surface area (Å²) in [5.41, 5.74) is 2.08. The number of aldehydes is 1. The number of ether oxygens (including phenoxy) is 2. The van der Waals surface area contributed by atoms with Crippen LogP contribution in [0.25, 0.3) is 11.0 Å². The fourth-order valence-corrected chi connectivity index (χ4v) is 2.15. The summed E-state index contributed by atoms with van der Waals surface area (Å²) in [5, 5.41) is 0. The van der Waals surface area contributed by atoms with Crippen LogP contribution in [0, 0.1) is 5.82 Å². The number of hydrogen-bond acceptors (Lipinski definition) is 4. The first-order chi connectivity index (χ1) is 10.7. The fourth-order valence-electron chi connectivity index (χ4n) is 2.15. The van der Waals surface area contributed by atoms with Crippen LogP contribution >= 0.6 is 0 Å². The van der Waals surface area contributed by atoms with Crippen molar-refractivity contribution in [2.75, 3.05) is 7.11 Å². The van der Waals surface area contributed by atoms with Gasteiger partial charge in [0.2, 0.25) is 0 Å². The Balaban J connectivity index is 1.83. The first-order valence-electron chi connectivity index (χ1n) is 6.60. The molecule has 22 heavy (non-hydrogen) atoms. The monoisotopic (exact) mass is 300 g/mol. The minimum absolute atomic E-state index is 0.0515. The van der Waals surface area contributed by atoms with E-state index in [4.69, 9.17) is 9.47 Å². The lowest BCUT2D eigenvalue weighted by Gasteiger charge is -2.10. The highest BCUT2D eigenvalue weighted by molar-refractivity contribution is 5.76. The van der Waals surface area contributed by atoms with E-state index in [2.05, 4.69) is 9.97 Å². The van der Waals surface area contributed by atoms with Gasteiger partial charge in [-0.05, 0) is 24.3 Å². The third kappa shape index (κ3) is 2.63. The van der Waals surface area contributed by atoms with Gasteiger partial charge in [0.1, 0.15) is 18.2 Å². The number of hydrogen-bond donors (Lipinski definition) is 1. The molecule has 0 bridgehead atoms. The number of rotatable bonds is 5. The Hall–Kier alpha value is -2.89. The van der Waals surface area contributed by atoms with Crippen LogP contribution in [0.15, 0.2) is 36.4 Å². The smallest absolute Gasteiger partial charge is 0.294 e. The number of carbonyl (C=O) groups excluding carboxylic acids is 1. The summed E-state index contributed by atoms with van der Waals surface area (Å²) < 4.78 is 24.4. The maximum Gasteiger partial charge on any atom is 0.294 e. The van der Waals surface area contributed by atoms with E-state index < -0.39 is 5.82 Å². The van der Waals surface area contributed by atoms with Gasteiger partial charge in [0, 0.05) is 5.56 Å². The first kappa shape index (κ1) is 14.1. The van der Waals surface area contributed by atoms with Gasteiger partial charge >= 0.3 is 0 Å². The number of imidazole rings is 1. The standard InChI is InChI=1S/C16H13FN2O3/c1-21-15-7-10(8-20)12(17)6-11(15)9-22-16-18-13-4-2-3-5-14(13)19-16/h2-8H,9H2,1H3,(H,18,19). The molecule has 0 atom stereocenters. The Morgan fingerprint density at radius 1 is 1.32 bits per heavy atom. The molecule has 6 heteroatoms. The van der Waals surface area contributed by atoms with Crippen LogP contribution in [-0.4, -0.2) is 23.4 Å². The van der Waals surface area contributed by atoms with Crippen molar-refractivity contribution in [2.24, 2.45) is 0 Å². The summed E-state index contributed by atoms with van der Waals surface area (Å²) in [6, 6.07) is 10.4. The van der Waals surface area contributed by atoms with Crippen molar-refractivity contribution in [3.05, 3.63) is 53.3 Å². The molecule has 3 aromatic rings. The molecule has 0 saturated heterocycles. The maximum absolute atomic E-state index is 13.7. The van der Waals surface area contributed by atoms with Gasteiger partial charge in [0.05, 0.1) is 23.7 Å². The van der Waals surface area contributed by atoms with Crippen LogP contribution in [0.2, 0.25) is 0 Å². The van der Waals surface area contributed by atoms with Gasteiger partial charge in [-0.3, -0.25) is 4.79 Å². The van der Waals surface area contributed by atoms with Crippen LogP contribution in [0.3, 0.4) is 0 Å². The molecule has 0 spiro atoms. The second-order valence-electron chi connectivity index (χ2n) is 4.65. The number of fused-ring (bicyclic) bond motifs is 1. The average molecular weight is 300 g/mol. The average Bonchev–Trinajstić information content (AvgIpc) is 2.95. The van der Waals surface area contributed by atoms with Crippen molar-refractivity contribution in [3.63, 3.8) is 0 Å². The molecule has 5 nitrogen and oxygen atoms in total. The molecule has 0 saturated carbocycles. The Morgan fingerprint density at radius 3 is 2.86 bits per heavy atom. The highest BCUT2D eigenvalue weighted by Crippen LogP contribution is 2.24. The predicted molar refractivity (Wildman–Crippen MR) is 78.8 cm³/mol. The van der Waals surface area contributed by atoms with E-state index in [9.17, 15) is 9.18 Å². The van der Waals surface area contributed by atoms with E-state index in [0.717, 1.165) is 11.0 Å². The largest absolute Gasteiger partial charge is 0.496 e. The Labute approximate surface area is 125 Å². The number of methoxy groups -OCH3 is 1. The Bertz CT molecular complexity index is 796. The van der Waals surface area contributed by atoms with E-state index >= 15 is 0 Å². The van der Waals surface area contributed by atoms with Crippen molar-refractivity contribution in [2.45, 2.75) is 6.61 Å².